The van der Waals surface area contributed by atoms with Gasteiger partial charge >= 0.3 is 0 Å². The number of hydrogen-bond acceptors (Lipinski definition) is 5. The van der Waals surface area contributed by atoms with E-state index < -0.39 is 20.0 Å². The highest BCUT2D eigenvalue weighted by Gasteiger charge is 2.38. The fourth-order valence-electron chi connectivity index (χ4n) is 2.50. The Morgan fingerprint density at radius 1 is 1.21 bits per heavy atom. The number of nitrogens with one attached hydrogen (secondary N) is 1. The van der Waals surface area contributed by atoms with Crippen molar-refractivity contribution in [2.45, 2.75) is 18.2 Å². The Balaban J connectivity index is 0.00000288. The Morgan fingerprint density at radius 3 is 2.38 bits per heavy atom. The SMILES string of the molecule is CC1(CN)CCN(S(=O)(=O)CCNS(=O)(=O)c2ccccc2)C1.Cl. The van der Waals surface area contributed by atoms with Gasteiger partial charge in [0.15, 0.2) is 0 Å². The summed E-state index contributed by atoms with van der Waals surface area (Å²) in [6, 6.07) is 7.87. The molecule has 0 spiro atoms. The second kappa shape index (κ2) is 8.11. The molecular weight excluding hydrogens is 374 g/mol. The predicted octanol–water partition coefficient (Wildman–Crippen LogP) is 0.387. The average Bonchev–Trinajstić information content (AvgIpc) is 2.92. The number of benzene rings is 1. The summed E-state index contributed by atoms with van der Waals surface area (Å²) >= 11 is 0. The molecule has 1 aromatic rings. The van der Waals surface area contributed by atoms with Crippen LogP contribution in [-0.4, -0.2) is 53.1 Å². The lowest BCUT2D eigenvalue weighted by molar-refractivity contribution is 0.349. The molecule has 0 radical (unpaired) electrons. The minimum atomic E-state index is -3.69. The highest BCUT2D eigenvalue weighted by atomic mass is 35.5. The number of nitrogens with zero attached hydrogens (tertiary/aromatic N) is 1. The van der Waals surface area contributed by atoms with Crippen molar-refractivity contribution in [3.05, 3.63) is 30.3 Å². The lowest BCUT2D eigenvalue weighted by Crippen LogP contribution is -2.38. The Kier molecular flexibility index (Phi) is 7.21. The Bertz CT molecular complexity index is 741. The fourth-order valence-corrected chi connectivity index (χ4v) is 5.18. The van der Waals surface area contributed by atoms with Crippen LogP contribution in [0, 0.1) is 5.41 Å². The van der Waals surface area contributed by atoms with Crippen LogP contribution < -0.4 is 10.5 Å². The van der Waals surface area contributed by atoms with Gasteiger partial charge in [-0.1, -0.05) is 25.1 Å². The molecule has 0 aromatic heterocycles. The zero-order valence-corrected chi connectivity index (χ0v) is 16.0. The minimum Gasteiger partial charge on any atom is -0.330 e. The maximum Gasteiger partial charge on any atom is 0.240 e. The van der Waals surface area contributed by atoms with E-state index in [1.54, 1.807) is 18.2 Å². The van der Waals surface area contributed by atoms with E-state index in [4.69, 9.17) is 5.73 Å². The summed E-state index contributed by atoms with van der Waals surface area (Å²) in [5.74, 6) is -0.264. The minimum absolute atomic E-state index is 0. The quantitative estimate of drug-likeness (QED) is 0.691. The van der Waals surface area contributed by atoms with Crippen molar-refractivity contribution in [3.63, 3.8) is 0 Å². The first-order chi connectivity index (χ1) is 10.7. The Morgan fingerprint density at radius 2 is 1.83 bits per heavy atom. The van der Waals surface area contributed by atoms with Gasteiger partial charge in [0.05, 0.1) is 10.6 Å². The topological polar surface area (TPSA) is 110 Å². The molecular formula is C14H24ClN3O4S2. The van der Waals surface area contributed by atoms with E-state index in [9.17, 15) is 16.8 Å². The zero-order chi connectivity index (χ0) is 17.1. The van der Waals surface area contributed by atoms with Crippen LogP contribution in [0.15, 0.2) is 35.2 Å². The monoisotopic (exact) mass is 397 g/mol. The summed E-state index contributed by atoms with van der Waals surface area (Å²) in [5, 5.41) is 0. The molecule has 0 bridgehead atoms. The second-order valence-electron chi connectivity index (χ2n) is 6.13. The average molecular weight is 398 g/mol. The first-order valence-electron chi connectivity index (χ1n) is 7.41. The third-order valence-corrected chi connectivity index (χ3v) is 7.41. The van der Waals surface area contributed by atoms with Crippen LogP contribution in [0.5, 0.6) is 0 Å². The van der Waals surface area contributed by atoms with Crippen molar-refractivity contribution in [2.75, 3.05) is 31.9 Å². The van der Waals surface area contributed by atoms with Crippen molar-refractivity contribution in [1.82, 2.24) is 9.03 Å². The summed E-state index contributed by atoms with van der Waals surface area (Å²) in [6.07, 6.45) is 0.721. The van der Waals surface area contributed by atoms with Gasteiger partial charge in [-0.05, 0) is 30.5 Å². The van der Waals surface area contributed by atoms with E-state index in [2.05, 4.69) is 4.72 Å². The van der Waals surface area contributed by atoms with Gasteiger partial charge in [-0.15, -0.1) is 12.4 Å². The summed E-state index contributed by atoms with van der Waals surface area (Å²) in [6.45, 7) is 3.05. The van der Waals surface area contributed by atoms with E-state index >= 15 is 0 Å². The molecule has 1 aromatic carbocycles. The fraction of sp³-hybridized carbons (Fsp3) is 0.571. The van der Waals surface area contributed by atoms with Crippen molar-refractivity contribution < 1.29 is 16.8 Å². The molecule has 3 N–H and O–H groups in total. The van der Waals surface area contributed by atoms with E-state index in [0.29, 0.717) is 19.6 Å². The maximum absolute atomic E-state index is 12.3. The van der Waals surface area contributed by atoms with Gasteiger partial charge in [-0.3, -0.25) is 0 Å². The number of hydrogen-bond donors (Lipinski definition) is 2. The molecule has 1 aliphatic heterocycles. The number of halogens is 1. The highest BCUT2D eigenvalue weighted by Crippen LogP contribution is 2.30. The largest absolute Gasteiger partial charge is 0.330 e. The molecule has 24 heavy (non-hydrogen) atoms. The van der Waals surface area contributed by atoms with E-state index in [0.717, 1.165) is 6.42 Å². The maximum atomic E-state index is 12.3. The summed E-state index contributed by atoms with van der Waals surface area (Å²) in [5.41, 5.74) is 5.48. The third kappa shape index (κ3) is 5.14. The second-order valence-corrected chi connectivity index (χ2v) is 9.98. The molecule has 10 heteroatoms. The lowest BCUT2D eigenvalue weighted by Gasteiger charge is -2.22. The van der Waals surface area contributed by atoms with Crippen molar-refractivity contribution in [3.8, 4) is 0 Å². The molecule has 2 rings (SSSR count). The summed E-state index contributed by atoms with van der Waals surface area (Å²) < 4.78 is 52.5. The Labute approximate surface area is 150 Å². The standard InChI is InChI=1S/C14H23N3O4S2.ClH/c1-14(11-15)7-9-17(12-14)22(18,19)10-8-16-23(20,21)13-5-3-2-4-6-13;/h2-6,16H,7-12,15H2,1H3;1H. The van der Waals surface area contributed by atoms with E-state index in [1.165, 1.54) is 16.4 Å². The number of sulfonamides is 2. The third-order valence-electron chi connectivity index (χ3n) is 4.11. The van der Waals surface area contributed by atoms with Gasteiger partial charge in [0.2, 0.25) is 20.0 Å². The smallest absolute Gasteiger partial charge is 0.240 e. The van der Waals surface area contributed by atoms with Crippen LogP contribution in [-0.2, 0) is 20.0 Å². The molecule has 1 saturated heterocycles. The van der Waals surface area contributed by atoms with Gasteiger partial charge in [-0.25, -0.2) is 25.9 Å². The van der Waals surface area contributed by atoms with Gasteiger partial charge < -0.3 is 5.73 Å². The van der Waals surface area contributed by atoms with E-state index in [1.807, 2.05) is 6.92 Å². The van der Waals surface area contributed by atoms with Crippen molar-refractivity contribution >= 4 is 32.5 Å². The van der Waals surface area contributed by atoms with Crippen LogP contribution in [0.1, 0.15) is 13.3 Å². The molecule has 0 saturated carbocycles. The van der Waals surface area contributed by atoms with Crippen LogP contribution in [0.3, 0.4) is 0 Å². The first kappa shape index (κ1) is 21.3. The van der Waals surface area contributed by atoms with Gasteiger partial charge in [0, 0.05) is 19.6 Å². The molecule has 1 unspecified atom stereocenters. The van der Waals surface area contributed by atoms with Crippen LogP contribution in [0.2, 0.25) is 0 Å². The lowest BCUT2D eigenvalue weighted by atomic mass is 9.90. The predicted molar refractivity (Wildman–Crippen MR) is 96.0 cm³/mol. The molecule has 1 atom stereocenters. The van der Waals surface area contributed by atoms with Gasteiger partial charge in [0.25, 0.3) is 0 Å². The molecule has 138 valence electrons. The number of nitrogens with two attached hydrogens (primary N) is 1. The summed E-state index contributed by atoms with van der Waals surface area (Å²) in [4.78, 5) is 0.120. The number of rotatable bonds is 7. The van der Waals surface area contributed by atoms with Crippen LogP contribution in [0.4, 0.5) is 0 Å². The molecule has 1 fully saturated rings. The van der Waals surface area contributed by atoms with Crippen LogP contribution in [0.25, 0.3) is 0 Å². The van der Waals surface area contributed by atoms with Gasteiger partial charge in [0.1, 0.15) is 0 Å². The van der Waals surface area contributed by atoms with Gasteiger partial charge in [-0.2, -0.15) is 0 Å². The zero-order valence-electron chi connectivity index (χ0n) is 13.5. The molecule has 7 nitrogen and oxygen atoms in total. The normalized spacial score (nSPS) is 22.2. The summed E-state index contributed by atoms with van der Waals surface area (Å²) in [7, 11) is -7.18. The molecule has 0 amide bonds. The molecule has 1 aliphatic rings. The van der Waals surface area contributed by atoms with E-state index in [-0.39, 0.29) is 35.0 Å². The molecule has 0 aliphatic carbocycles. The Hall–Kier alpha value is -0.710. The first-order valence-corrected chi connectivity index (χ1v) is 10.5. The van der Waals surface area contributed by atoms with Crippen LogP contribution >= 0.6 is 12.4 Å². The van der Waals surface area contributed by atoms with Crippen molar-refractivity contribution in [1.29, 1.82) is 0 Å². The molecule has 1 heterocycles. The highest BCUT2D eigenvalue weighted by molar-refractivity contribution is 7.90. The van der Waals surface area contributed by atoms with Crippen molar-refractivity contribution in [2.24, 2.45) is 11.1 Å².